The predicted molar refractivity (Wildman–Crippen MR) is 122 cm³/mol. The molecule has 4 aromatic rings. The van der Waals surface area contributed by atoms with E-state index in [0.29, 0.717) is 16.4 Å². The number of carboxylic acids is 1. The molecule has 4 rings (SSSR count). The van der Waals surface area contributed by atoms with E-state index < -0.39 is 24.1 Å². The average molecular weight is 521 g/mol. The number of halogens is 3. The highest BCUT2D eigenvalue weighted by Gasteiger charge is 2.33. The van der Waals surface area contributed by atoms with Crippen molar-refractivity contribution in [2.45, 2.75) is 22.5 Å². The van der Waals surface area contributed by atoms with Crippen molar-refractivity contribution < 1.29 is 37.3 Å². The van der Waals surface area contributed by atoms with E-state index in [0.717, 1.165) is 30.2 Å². The molecule has 188 valence electrons. The molecule has 0 radical (unpaired) electrons. The number of nitrogen functional groups attached to an aromatic ring is 1. The number of methoxy groups -OCH3 is 2. The molecular formula is C22H18F3N5O5S. The monoisotopic (exact) mass is 521 g/mol. The van der Waals surface area contributed by atoms with Crippen LogP contribution >= 0.6 is 11.8 Å². The maximum atomic E-state index is 12.8. The highest BCUT2D eigenvalue weighted by atomic mass is 32.2. The van der Waals surface area contributed by atoms with E-state index in [-0.39, 0.29) is 27.7 Å². The maximum absolute atomic E-state index is 12.8. The lowest BCUT2D eigenvalue weighted by Crippen LogP contribution is -2.22. The molecule has 0 saturated carbocycles. The summed E-state index contributed by atoms with van der Waals surface area (Å²) in [6.45, 7) is 0. The molecule has 0 aliphatic heterocycles. The zero-order chi connectivity index (χ0) is 26.0. The van der Waals surface area contributed by atoms with Gasteiger partial charge in [-0.05, 0) is 47.7 Å². The molecule has 2 aromatic heterocycles. The molecule has 2 aromatic carbocycles. The minimum absolute atomic E-state index is 0.00324. The van der Waals surface area contributed by atoms with Crippen LogP contribution in [0.3, 0.4) is 0 Å². The van der Waals surface area contributed by atoms with E-state index in [1.54, 1.807) is 18.2 Å². The second kappa shape index (κ2) is 9.81. The smallest absolute Gasteiger partial charge is 0.497 e. The molecule has 14 heteroatoms. The Morgan fingerprint density at radius 3 is 2.56 bits per heavy atom. The molecule has 36 heavy (non-hydrogen) atoms. The van der Waals surface area contributed by atoms with Crippen molar-refractivity contribution in [1.29, 1.82) is 0 Å². The van der Waals surface area contributed by atoms with Crippen molar-refractivity contribution >= 4 is 34.7 Å². The third-order valence-corrected chi connectivity index (χ3v) is 5.95. The molecule has 0 fully saturated rings. The van der Waals surface area contributed by atoms with Crippen LogP contribution in [0.15, 0.2) is 58.8 Å². The lowest BCUT2D eigenvalue weighted by molar-refractivity contribution is -0.274. The van der Waals surface area contributed by atoms with E-state index in [4.69, 9.17) is 15.2 Å². The van der Waals surface area contributed by atoms with Gasteiger partial charge in [0, 0.05) is 0 Å². The van der Waals surface area contributed by atoms with E-state index in [2.05, 4.69) is 19.7 Å². The van der Waals surface area contributed by atoms with E-state index in [1.165, 1.54) is 30.9 Å². The molecule has 0 amide bonds. The Bertz CT molecular complexity index is 1430. The SMILES string of the molecule is COc1ccc(OC)c(Sc2nc3c(N)ncnc3n2C(C(=O)O)c2cccc(OC(F)(F)F)c2)c1. The summed E-state index contributed by atoms with van der Waals surface area (Å²) >= 11 is 1.03. The van der Waals surface area contributed by atoms with Crippen molar-refractivity contribution in [3.8, 4) is 17.2 Å². The Hall–Kier alpha value is -4.20. The summed E-state index contributed by atoms with van der Waals surface area (Å²) in [4.78, 5) is 25.6. The van der Waals surface area contributed by atoms with Gasteiger partial charge in [0.25, 0.3) is 0 Å². The quantitative estimate of drug-likeness (QED) is 0.348. The van der Waals surface area contributed by atoms with Gasteiger partial charge in [0.2, 0.25) is 0 Å². The topological polar surface area (TPSA) is 135 Å². The largest absolute Gasteiger partial charge is 0.573 e. The highest BCUT2D eigenvalue weighted by molar-refractivity contribution is 7.99. The standard InChI is InChI=1S/C22H18F3N5O5S/c1-33-12-6-7-14(34-2)15(9-12)36-21-29-16-18(26)27-10-28-19(16)30(21)17(20(31)32)11-4-3-5-13(8-11)35-22(23,24)25/h3-10,17H,1-2H3,(H,31,32)(H2,26,27,28). The number of fused-ring (bicyclic) bond motifs is 1. The van der Waals surface area contributed by atoms with Crippen molar-refractivity contribution in [2.75, 3.05) is 20.0 Å². The first-order valence-corrected chi connectivity index (χ1v) is 10.9. The summed E-state index contributed by atoms with van der Waals surface area (Å²) < 4.78 is 54.3. The Labute approximate surface area is 205 Å². The fourth-order valence-electron chi connectivity index (χ4n) is 3.46. The summed E-state index contributed by atoms with van der Waals surface area (Å²) in [6.07, 6.45) is -3.82. The summed E-state index contributed by atoms with van der Waals surface area (Å²) in [6, 6.07) is 8.14. The zero-order valence-corrected chi connectivity index (χ0v) is 19.5. The third-order valence-electron chi connectivity index (χ3n) is 4.94. The number of carboxylic acid groups (broad SMARTS) is 1. The number of nitrogens with zero attached hydrogens (tertiary/aromatic N) is 4. The van der Waals surface area contributed by atoms with Gasteiger partial charge in [-0.2, -0.15) is 0 Å². The first-order valence-electron chi connectivity index (χ1n) is 10.1. The van der Waals surface area contributed by atoms with E-state index in [1.807, 2.05) is 0 Å². The molecule has 1 unspecified atom stereocenters. The van der Waals surface area contributed by atoms with Crippen molar-refractivity contribution in [3.05, 3.63) is 54.4 Å². The van der Waals surface area contributed by atoms with Crippen LogP contribution in [0.25, 0.3) is 11.2 Å². The van der Waals surface area contributed by atoms with Gasteiger partial charge in [0.15, 0.2) is 28.2 Å². The number of aliphatic carboxylic acids is 1. The molecule has 2 heterocycles. The number of anilines is 1. The van der Waals surface area contributed by atoms with Gasteiger partial charge >= 0.3 is 12.3 Å². The molecule has 10 nitrogen and oxygen atoms in total. The molecule has 0 aliphatic rings. The maximum Gasteiger partial charge on any atom is 0.573 e. The van der Waals surface area contributed by atoms with Crippen LogP contribution in [-0.2, 0) is 4.79 Å². The molecule has 0 aliphatic carbocycles. The van der Waals surface area contributed by atoms with E-state index >= 15 is 0 Å². The number of carbonyl (C=O) groups is 1. The number of alkyl halides is 3. The lowest BCUT2D eigenvalue weighted by Gasteiger charge is -2.19. The normalized spacial score (nSPS) is 12.4. The summed E-state index contributed by atoms with van der Waals surface area (Å²) in [5, 5.41) is 10.3. The van der Waals surface area contributed by atoms with Crippen LogP contribution in [0, 0.1) is 0 Å². The van der Waals surface area contributed by atoms with Gasteiger partial charge in [-0.1, -0.05) is 12.1 Å². The lowest BCUT2D eigenvalue weighted by atomic mass is 10.1. The minimum Gasteiger partial charge on any atom is -0.497 e. The highest BCUT2D eigenvalue weighted by Crippen LogP contribution is 2.41. The molecule has 0 saturated heterocycles. The van der Waals surface area contributed by atoms with Crippen molar-refractivity contribution in [1.82, 2.24) is 19.5 Å². The summed E-state index contributed by atoms with van der Waals surface area (Å²) in [5.74, 6) is -1.00. The van der Waals surface area contributed by atoms with Crippen LogP contribution in [0.2, 0.25) is 0 Å². The van der Waals surface area contributed by atoms with Gasteiger partial charge in [0.05, 0.1) is 19.1 Å². The Kier molecular flexibility index (Phi) is 6.79. The van der Waals surface area contributed by atoms with E-state index in [9.17, 15) is 23.1 Å². The second-order valence-corrected chi connectivity index (χ2v) is 8.18. The number of hydrogen-bond donors (Lipinski definition) is 2. The number of nitrogens with two attached hydrogens (primary N) is 1. The minimum atomic E-state index is -4.95. The number of benzene rings is 2. The molecule has 0 spiro atoms. The van der Waals surface area contributed by atoms with Crippen molar-refractivity contribution in [2.24, 2.45) is 0 Å². The van der Waals surface area contributed by atoms with Crippen LogP contribution in [0.4, 0.5) is 19.0 Å². The van der Waals surface area contributed by atoms with Gasteiger partial charge in [-0.25, -0.2) is 19.7 Å². The summed E-state index contributed by atoms with van der Waals surface area (Å²) in [5.41, 5.74) is 6.15. The summed E-state index contributed by atoms with van der Waals surface area (Å²) in [7, 11) is 2.95. The number of aromatic nitrogens is 4. The molecular weight excluding hydrogens is 503 g/mol. The Balaban J connectivity index is 1.91. The van der Waals surface area contributed by atoms with Crippen LogP contribution in [-0.4, -0.2) is 51.2 Å². The average Bonchev–Trinajstić information content (AvgIpc) is 3.17. The van der Waals surface area contributed by atoms with Gasteiger partial charge in [0.1, 0.15) is 23.6 Å². The van der Waals surface area contributed by atoms with Gasteiger partial charge in [-0.3, -0.25) is 4.57 Å². The van der Waals surface area contributed by atoms with Crippen LogP contribution < -0.4 is 19.9 Å². The number of imidazole rings is 1. The van der Waals surface area contributed by atoms with Crippen LogP contribution in [0.5, 0.6) is 17.2 Å². The first-order chi connectivity index (χ1) is 17.1. The Morgan fingerprint density at radius 1 is 1.11 bits per heavy atom. The van der Waals surface area contributed by atoms with Gasteiger partial charge in [-0.15, -0.1) is 13.2 Å². The number of ether oxygens (including phenoxy) is 3. The van der Waals surface area contributed by atoms with Gasteiger partial charge < -0.3 is 25.1 Å². The van der Waals surface area contributed by atoms with Crippen molar-refractivity contribution in [3.63, 3.8) is 0 Å². The Morgan fingerprint density at radius 2 is 1.89 bits per heavy atom. The zero-order valence-electron chi connectivity index (χ0n) is 18.7. The predicted octanol–water partition coefficient (Wildman–Crippen LogP) is 4.15. The third kappa shape index (κ3) is 5.07. The number of hydrogen-bond acceptors (Lipinski definition) is 9. The second-order valence-electron chi connectivity index (χ2n) is 7.18. The fourth-order valence-corrected chi connectivity index (χ4v) is 4.51. The number of rotatable bonds is 8. The van der Waals surface area contributed by atoms with Crippen LogP contribution in [0.1, 0.15) is 11.6 Å². The first kappa shape index (κ1) is 24.9. The molecule has 1 atom stereocenters. The fraction of sp³-hybridized carbons (Fsp3) is 0.182. The molecule has 0 bridgehead atoms. The molecule has 3 N–H and O–H groups in total.